The molecule has 0 aromatic heterocycles. The van der Waals surface area contributed by atoms with E-state index in [-0.39, 0.29) is 0 Å². The summed E-state index contributed by atoms with van der Waals surface area (Å²) in [5.74, 6) is 1.59. The van der Waals surface area contributed by atoms with Gasteiger partial charge in [0.15, 0.2) is 0 Å². The third-order valence-electron chi connectivity index (χ3n) is 8.95. The maximum Gasteiger partial charge on any atom is 0.00254 e. The predicted molar refractivity (Wildman–Crippen MR) is 181 cm³/mol. The molecule has 2 aliphatic rings. The average molecular weight is 541 g/mol. The van der Waals surface area contributed by atoms with E-state index in [4.69, 9.17) is 0 Å². The Bertz CT molecular complexity index is 1080. The Morgan fingerprint density at radius 3 is 2.38 bits per heavy atom. The fourth-order valence-corrected chi connectivity index (χ4v) is 6.17. The van der Waals surface area contributed by atoms with Gasteiger partial charge in [-0.1, -0.05) is 143 Å². The minimum Gasteiger partial charge on any atom is -0.0850 e. The number of hydrogen-bond donors (Lipinski definition) is 0. The lowest BCUT2D eigenvalue weighted by Crippen LogP contribution is -2.26. The SMILES string of the molecule is CC1=CCCC(C)(C)C1/C=C/C(C)C/C=C/C(C)=C/C=C/C=C(\C)C/C=C/C(C)/C=C/C1=C(C)CCCC1(C)C. The largest absolute Gasteiger partial charge is 0.0850 e. The summed E-state index contributed by atoms with van der Waals surface area (Å²) in [5, 5.41) is 0. The molecule has 2 rings (SSSR count). The van der Waals surface area contributed by atoms with Crippen molar-refractivity contribution in [1.82, 2.24) is 0 Å². The van der Waals surface area contributed by atoms with Crippen molar-refractivity contribution >= 4 is 0 Å². The van der Waals surface area contributed by atoms with Crippen LogP contribution in [0.15, 0.2) is 107 Å². The highest BCUT2D eigenvalue weighted by molar-refractivity contribution is 5.33. The third-order valence-corrected chi connectivity index (χ3v) is 8.95. The van der Waals surface area contributed by atoms with Crippen molar-refractivity contribution < 1.29 is 0 Å². The van der Waals surface area contributed by atoms with Crippen molar-refractivity contribution in [3.63, 3.8) is 0 Å². The fourth-order valence-electron chi connectivity index (χ4n) is 6.17. The van der Waals surface area contributed by atoms with E-state index < -0.39 is 0 Å². The first-order valence-electron chi connectivity index (χ1n) is 15.9. The fraction of sp³-hybridized carbons (Fsp3) is 0.550. The van der Waals surface area contributed by atoms with Crippen LogP contribution in [0.5, 0.6) is 0 Å². The minimum atomic E-state index is 0.315. The molecule has 0 aromatic rings. The molecule has 0 amide bonds. The van der Waals surface area contributed by atoms with E-state index in [1.807, 2.05) is 0 Å². The Morgan fingerprint density at radius 1 is 0.950 bits per heavy atom. The van der Waals surface area contributed by atoms with E-state index in [0.717, 1.165) is 12.8 Å². The molecule has 2 aliphatic carbocycles. The van der Waals surface area contributed by atoms with E-state index in [1.54, 1.807) is 11.1 Å². The standard InChI is InChI=1S/C40H60/c1-31(19-13-21-33(3)25-27-37-35(5)23-15-29-39(37,7)8)17-11-12-18-32(2)20-14-22-34(4)26-28-38-36(6)24-16-30-40(38,9)10/h11-14,17-19,22-23,25-28,33-34,37H,15-16,20-21,24,29-30H2,1-10H3/b12-11+,19-13+,22-14+,27-25+,28-26+,31-17+,32-18+. The predicted octanol–water partition coefficient (Wildman–Crippen LogP) is 12.6. The van der Waals surface area contributed by atoms with Crippen LogP contribution in [0, 0.1) is 28.6 Å². The molecular formula is C40H60. The van der Waals surface area contributed by atoms with Gasteiger partial charge < -0.3 is 0 Å². The highest BCUT2D eigenvalue weighted by Crippen LogP contribution is 2.42. The van der Waals surface area contributed by atoms with Gasteiger partial charge in [0.05, 0.1) is 0 Å². The van der Waals surface area contributed by atoms with Crippen LogP contribution in [0.2, 0.25) is 0 Å². The molecule has 0 nitrogen and oxygen atoms in total. The molecule has 0 saturated carbocycles. The molecule has 0 saturated heterocycles. The molecule has 3 atom stereocenters. The molecule has 0 fully saturated rings. The van der Waals surface area contributed by atoms with Crippen LogP contribution in [0.4, 0.5) is 0 Å². The zero-order chi connectivity index (χ0) is 29.8. The Morgan fingerprint density at radius 2 is 1.68 bits per heavy atom. The summed E-state index contributed by atoms with van der Waals surface area (Å²) < 4.78 is 0. The third kappa shape index (κ3) is 11.6. The van der Waals surface area contributed by atoms with Crippen LogP contribution in [0.25, 0.3) is 0 Å². The van der Waals surface area contributed by atoms with Gasteiger partial charge >= 0.3 is 0 Å². The Hall–Kier alpha value is -2.34. The summed E-state index contributed by atoms with van der Waals surface area (Å²) >= 11 is 0. The second-order valence-corrected chi connectivity index (χ2v) is 14.0. The molecule has 220 valence electrons. The highest BCUT2D eigenvalue weighted by atomic mass is 14.4. The molecule has 0 bridgehead atoms. The molecule has 0 spiro atoms. The Labute approximate surface area is 249 Å². The van der Waals surface area contributed by atoms with Gasteiger partial charge in [-0.05, 0) is 101 Å². The Balaban J connectivity index is 1.77. The van der Waals surface area contributed by atoms with Crippen molar-refractivity contribution in [3.8, 4) is 0 Å². The van der Waals surface area contributed by atoms with Crippen molar-refractivity contribution in [2.24, 2.45) is 28.6 Å². The summed E-state index contributed by atoms with van der Waals surface area (Å²) in [6.45, 7) is 23.2. The summed E-state index contributed by atoms with van der Waals surface area (Å²) in [4.78, 5) is 0. The lowest BCUT2D eigenvalue weighted by atomic mass is 9.68. The van der Waals surface area contributed by atoms with Crippen molar-refractivity contribution in [2.45, 2.75) is 114 Å². The van der Waals surface area contributed by atoms with Crippen molar-refractivity contribution in [1.29, 1.82) is 0 Å². The average Bonchev–Trinajstić information content (AvgIpc) is 2.85. The van der Waals surface area contributed by atoms with E-state index >= 15 is 0 Å². The minimum absolute atomic E-state index is 0.315. The molecule has 40 heavy (non-hydrogen) atoms. The molecular weight excluding hydrogens is 480 g/mol. The summed E-state index contributed by atoms with van der Waals surface area (Å²) in [5.41, 5.74) is 8.02. The molecule has 0 aliphatic heterocycles. The van der Waals surface area contributed by atoms with Gasteiger partial charge in [0.2, 0.25) is 0 Å². The van der Waals surface area contributed by atoms with E-state index in [0.29, 0.717) is 28.6 Å². The van der Waals surface area contributed by atoms with Gasteiger partial charge in [0, 0.05) is 5.92 Å². The lowest BCUT2D eigenvalue weighted by Gasteiger charge is -2.36. The summed E-state index contributed by atoms with van der Waals surface area (Å²) in [6.07, 6.45) is 38.5. The maximum absolute atomic E-state index is 2.47. The number of rotatable bonds is 12. The first-order chi connectivity index (χ1) is 18.8. The molecule has 0 heteroatoms. The van der Waals surface area contributed by atoms with E-state index in [2.05, 4.69) is 148 Å². The topological polar surface area (TPSA) is 0 Å². The van der Waals surface area contributed by atoms with E-state index in [9.17, 15) is 0 Å². The molecule has 0 aromatic carbocycles. The van der Waals surface area contributed by atoms with Gasteiger partial charge in [-0.3, -0.25) is 0 Å². The number of hydrogen-bond acceptors (Lipinski definition) is 0. The summed E-state index contributed by atoms with van der Waals surface area (Å²) in [6, 6.07) is 0. The van der Waals surface area contributed by atoms with Crippen LogP contribution >= 0.6 is 0 Å². The van der Waals surface area contributed by atoms with Crippen LogP contribution in [-0.2, 0) is 0 Å². The number of allylic oxidation sites excluding steroid dienone is 18. The van der Waals surface area contributed by atoms with Crippen LogP contribution in [-0.4, -0.2) is 0 Å². The van der Waals surface area contributed by atoms with E-state index in [1.165, 1.54) is 48.8 Å². The smallest absolute Gasteiger partial charge is 0.00254 e. The van der Waals surface area contributed by atoms with Gasteiger partial charge in [0.1, 0.15) is 0 Å². The maximum atomic E-state index is 2.47. The van der Waals surface area contributed by atoms with Crippen LogP contribution in [0.1, 0.15) is 114 Å². The Kier molecular flexibility index (Phi) is 13.7. The van der Waals surface area contributed by atoms with Crippen molar-refractivity contribution in [2.75, 3.05) is 0 Å². The monoisotopic (exact) mass is 540 g/mol. The highest BCUT2D eigenvalue weighted by Gasteiger charge is 2.30. The van der Waals surface area contributed by atoms with Gasteiger partial charge in [0.25, 0.3) is 0 Å². The zero-order valence-corrected chi connectivity index (χ0v) is 27.7. The van der Waals surface area contributed by atoms with Crippen LogP contribution in [0.3, 0.4) is 0 Å². The second kappa shape index (κ2) is 16.2. The lowest BCUT2D eigenvalue weighted by molar-refractivity contribution is 0.255. The molecule has 0 heterocycles. The normalized spacial score (nSPS) is 24.2. The molecule has 3 unspecified atom stereocenters. The first-order valence-corrected chi connectivity index (χ1v) is 15.9. The van der Waals surface area contributed by atoms with Gasteiger partial charge in [-0.15, -0.1) is 0 Å². The summed E-state index contributed by atoms with van der Waals surface area (Å²) in [7, 11) is 0. The van der Waals surface area contributed by atoms with Crippen molar-refractivity contribution in [3.05, 3.63) is 107 Å². The zero-order valence-electron chi connectivity index (χ0n) is 27.7. The van der Waals surface area contributed by atoms with Gasteiger partial charge in [-0.2, -0.15) is 0 Å². The second-order valence-electron chi connectivity index (χ2n) is 14.0. The van der Waals surface area contributed by atoms with Crippen LogP contribution < -0.4 is 0 Å². The molecule has 0 radical (unpaired) electrons. The van der Waals surface area contributed by atoms with Gasteiger partial charge in [-0.25, -0.2) is 0 Å². The molecule has 0 N–H and O–H groups in total. The quantitative estimate of drug-likeness (QED) is 0.170. The first kappa shape index (κ1) is 33.9.